The number of carbonyl (C=O) groups excluding carboxylic acids is 1. The van der Waals surface area contributed by atoms with Crippen molar-refractivity contribution in [3.63, 3.8) is 0 Å². The maximum atomic E-state index is 11.9. The van der Waals surface area contributed by atoms with Crippen LogP contribution in [0.4, 0.5) is 0 Å². The fourth-order valence-electron chi connectivity index (χ4n) is 2.00. The van der Waals surface area contributed by atoms with Crippen LogP contribution in [0.25, 0.3) is 16.3 Å². The van der Waals surface area contributed by atoms with E-state index in [1.807, 2.05) is 48.5 Å². The van der Waals surface area contributed by atoms with E-state index in [1.54, 1.807) is 17.4 Å². The summed E-state index contributed by atoms with van der Waals surface area (Å²) in [5, 5.41) is 3.69. The molecular formula is C17H13BrN2OS. The number of fused-ring (bicyclic) bond motifs is 1. The summed E-state index contributed by atoms with van der Waals surface area (Å²) in [5.74, 6) is -0.126. The fraction of sp³-hybridized carbons (Fsp3) is 0.0588. The number of amides is 1. The van der Waals surface area contributed by atoms with Crippen molar-refractivity contribution in [2.45, 2.75) is 6.54 Å². The highest BCUT2D eigenvalue weighted by Gasteiger charge is 2.01. The Bertz CT molecular complexity index is 808. The molecule has 1 N–H and O–H groups in total. The molecule has 0 bridgehead atoms. The first-order chi connectivity index (χ1) is 10.7. The van der Waals surface area contributed by atoms with E-state index < -0.39 is 0 Å². The fourth-order valence-corrected chi connectivity index (χ4v) is 3.32. The molecule has 0 atom stereocenters. The van der Waals surface area contributed by atoms with Crippen molar-refractivity contribution in [3.05, 3.63) is 69.7 Å². The molecule has 0 aliphatic heterocycles. The van der Waals surface area contributed by atoms with Crippen LogP contribution in [0, 0.1) is 0 Å². The minimum atomic E-state index is -0.126. The van der Waals surface area contributed by atoms with E-state index >= 15 is 0 Å². The summed E-state index contributed by atoms with van der Waals surface area (Å²) in [4.78, 5) is 16.3. The predicted octanol–water partition coefficient (Wildman–Crippen LogP) is 4.39. The molecule has 0 aliphatic carbocycles. The SMILES string of the molecule is O=C(/C=C/c1nc2ccccc2s1)NCc1cccc(Br)c1. The number of aromatic nitrogens is 1. The summed E-state index contributed by atoms with van der Waals surface area (Å²) >= 11 is 4.99. The molecular weight excluding hydrogens is 360 g/mol. The summed E-state index contributed by atoms with van der Waals surface area (Å²) < 4.78 is 2.13. The average molecular weight is 373 g/mol. The summed E-state index contributed by atoms with van der Waals surface area (Å²) in [6, 6.07) is 15.8. The van der Waals surface area contributed by atoms with E-state index in [1.165, 1.54) is 6.08 Å². The van der Waals surface area contributed by atoms with Crippen LogP contribution in [0.15, 0.2) is 59.1 Å². The molecule has 5 heteroatoms. The Hall–Kier alpha value is -1.98. The van der Waals surface area contributed by atoms with Crippen LogP contribution in [-0.2, 0) is 11.3 Å². The van der Waals surface area contributed by atoms with Crippen molar-refractivity contribution >= 4 is 49.5 Å². The van der Waals surface area contributed by atoms with Crippen molar-refractivity contribution < 1.29 is 4.79 Å². The van der Waals surface area contributed by atoms with Gasteiger partial charge in [0.25, 0.3) is 0 Å². The van der Waals surface area contributed by atoms with Gasteiger partial charge in [0.15, 0.2) is 0 Å². The Morgan fingerprint density at radius 2 is 2.09 bits per heavy atom. The summed E-state index contributed by atoms with van der Waals surface area (Å²) in [7, 11) is 0. The Morgan fingerprint density at radius 1 is 1.23 bits per heavy atom. The quantitative estimate of drug-likeness (QED) is 0.690. The van der Waals surface area contributed by atoms with Crippen molar-refractivity contribution in [1.82, 2.24) is 10.3 Å². The molecule has 3 nitrogen and oxygen atoms in total. The average Bonchev–Trinajstić information content (AvgIpc) is 2.94. The lowest BCUT2D eigenvalue weighted by molar-refractivity contribution is -0.116. The number of rotatable bonds is 4. The van der Waals surface area contributed by atoms with Gasteiger partial charge in [-0.05, 0) is 35.9 Å². The van der Waals surface area contributed by atoms with Crippen molar-refractivity contribution in [1.29, 1.82) is 0 Å². The van der Waals surface area contributed by atoms with Crippen LogP contribution < -0.4 is 5.32 Å². The molecule has 22 heavy (non-hydrogen) atoms. The van der Waals surface area contributed by atoms with E-state index in [0.29, 0.717) is 6.54 Å². The minimum Gasteiger partial charge on any atom is -0.348 e. The van der Waals surface area contributed by atoms with E-state index in [4.69, 9.17) is 0 Å². The number of nitrogens with one attached hydrogen (secondary N) is 1. The molecule has 3 aromatic rings. The number of hydrogen-bond acceptors (Lipinski definition) is 3. The zero-order valence-electron chi connectivity index (χ0n) is 11.6. The second-order valence-corrected chi connectivity index (χ2v) is 6.68. The van der Waals surface area contributed by atoms with Crippen molar-refractivity contribution in [3.8, 4) is 0 Å². The molecule has 0 saturated heterocycles. The lowest BCUT2D eigenvalue weighted by Crippen LogP contribution is -2.20. The summed E-state index contributed by atoms with van der Waals surface area (Å²) in [6.45, 7) is 0.502. The van der Waals surface area contributed by atoms with E-state index in [9.17, 15) is 4.79 Å². The summed E-state index contributed by atoms with van der Waals surface area (Å²) in [6.07, 6.45) is 3.27. The van der Waals surface area contributed by atoms with Gasteiger partial charge < -0.3 is 5.32 Å². The third kappa shape index (κ3) is 3.81. The highest BCUT2D eigenvalue weighted by molar-refractivity contribution is 9.10. The zero-order chi connectivity index (χ0) is 15.4. The molecule has 0 fully saturated rings. The standard InChI is InChI=1S/C17H13BrN2OS/c18-13-5-3-4-12(10-13)11-19-16(21)8-9-17-20-14-6-1-2-7-15(14)22-17/h1-10H,11H2,(H,19,21)/b9-8+. The van der Waals surface area contributed by atoms with Gasteiger partial charge in [-0.1, -0.05) is 40.2 Å². The molecule has 0 spiro atoms. The van der Waals surface area contributed by atoms with Crippen LogP contribution in [-0.4, -0.2) is 10.9 Å². The number of halogens is 1. The molecule has 1 heterocycles. The Labute approximate surface area is 140 Å². The molecule has 2 aromatic carbocycles. The maximum absolute atomic E-state index is 11.9. The Balaban J connectivity index is 1.61. The van der Waals surface area contributed by atoms with Gasteiger partial charge in [0, 0.05) is 17.1 Å². The second kappa shape index (κ2) is 6.85. The van der Waals surface area contributed by atoms with Crippen LogP contribution >= 0.6 is 27.3 Å². The first-order valence-corrected chi connectivity index (χ1v) is 8.37. The molecule has 0 saturated carbocycles. The first-order valence-electron chi connectivity index (χ1n) is 6.77. The molecule has 0 radical (unpaired) electrons. The lowest BCUT2D eigenvalue weighted by atomic mass is 10.2. The highest BCUT2D eigenvalue weighted by atomic mass is 79.9. The van der Waals surface area contributed by atoms with Gasteiger partial charge in [-0.15, -0.1) is 11.3 Å². The Morgan fingerprint density at radius 3 is 2.91 bits per heavy atom. The molecule has 0 aliphatic rings. The maximum Gasteiger partial charge on any atom is 0.244 e. The third-order valence-electron chi connectivity index (χ3n) is 3.04. The minimum absolute atomic E-state index is 0.126. The number of benzene rings is 2. The molecule has 1 amide bonds. The monoisotopic (exact) mass is 372 g/mol. The van der Waals surface area contributed by atoms with Crippen LogP contribution in [0.3, 0.4) is 0 Å². The largest absolute Gasteiger partial charge is 0.348 e. The predicted molar refractivity (Wildman–Crippen MR) is 94.6 cm³/mol. The van der Waals surface area contributed by atoms with E-state index in [0.717, 1.165) is 25.3 Å². The number of carbonyl (C=O) groups is 1. The third-order valence-corrected chi connectivity index (χ3v) is 4.54. The number of para-hydroxylation sites is 1. The van der Waals surface area contributed by atoms with Crippen LogP contribution in [0.5, 0.6) is 0 Å². The molecule has 1 aromatic heterocycles. The van der Waals surface area contributed by atoms with Gasteiger partial charge in [0.2, 0.25) is 5.91 Å². The van der Waals surface area contributed by atoms with Gasteiger partial charge >= 0.3 is 0 Å². The number of hydrogen-bond donors (Lipinski definition) is 1. The molecule has 3 rings (SSSR count). The summed E-state index contributed by atoms with van der Waals surface area (Å²) in [5.41, 5.74) is 2.01. The topological polar surface area (TPSA) is 42.0 Å². The van der Waals surface area contributed by atoms with Crippen LogP contribution in [0.2, 0.25) is 0 Å². The Kier molecular flexibility index (Phi) is 4.65. The van der Waals surface area contributed by atoms with Gasteiger partial charge in [-0.25, -0.2) is 4.98 Å². The van der Waals surface area contributed by atoms with Gasteiger partial charge in [0.1, 0.15) is 5.01 Å². The lowest BCUT2D eigenvalue weighted by Gasteiger charge is -2.02. The van der Waals surface area contributed by atoms with Gasteiger partial charge in [-0.3, -0.25) is 4.79 Å². The zero-order valence-corrected chi connectivity index (χ0v) is 14.0. The van der Waals surface area contributed by atoms with E-state index in [2.05, 4.69) is 26.2 Å². The van der Waals surface area contributed by atoms with Crippen molar-refractivity contribution in [2.24, 2.45) is 0 Å². The van der Waals surface area contributed by atoms with E-state index in [-0.39, 0.29) is 5.91 Å². The smallest absolute Gasteiger partial charge is 0.244 e. The van der Waals surface area contributed by atoms with Crippen molar-refractivity contribution in [2.75, 3.05) is 0 Å². The first kappa shape index (κ1) is 14.9. The molecule has 0 unspecified atom stereocenters. The van der Waals surface area contributed by atoms with Crippen LogP contribution in [0.1, 0.15) is 10.6 Å². The highest BCUT2D eigenvalue weighted by Crippen LogP contribution is 2.22. The number of thiazole rings is 1. The second-order valence-electron chi connectivity index (χ2n) is 4.70. The van der Waals surface area contributed by atoms with Gasteiger partial charge in [0.05, 0.1) is 10.2 Å². The molecule has 110 valence electrons. The van der Waals surface area contributed by atoms with Gasteiger partial charge in [-0.2, -0.15) is 0 Å². The normalized spacial score (nSPS) is 11.1. The number of nitrogens with zero attached hydrogens (tertiary/aromatic N) is 1.